The molecule has 7 nitrogen and oxygen atoms in total. The normalized spacial score (nSPS) is 11.2. The van der Waals surface area contributed by atoms with Crippen LogP contribution in [0, 0.1) is 6.92 Å². The van der Waals surface area contributed by atoms with E-state index in [4.69, 9.17) is 16.3 Å². The predicted octanol–water partition coefficient (Wildman–Crippen LogP) is 1.85. The average Bonchev–Trinajstić information content (AvgIpc) is 2.51. The van der Waals surface area contributed by atoms with E-state index in [1.54, 1.807) is 6.92 Å². The fourth-order valence-electron chi connectivity index (χ4n) is 2.33. The number of aromatic nitrogens is 2. The van der Waals surface area contributed by atoms with Gasteiger partial charge in [-0.3, -0.25) is 10.2 Å². The van der Waals surface area contributed by atoms with Crippen LogP contribution in [0.15, 0.2) is 24.3 Å². The van der Waals surface area contributed by atoms with Crippen LogP contribution in [0.3, 0.4) is 0 Å². The molecule has 128 valence electrons. The second kappa shape index (κ2) is 6.84. The lowest BCUT2D eigenvalue weighted by Crippen LogP contribution is -2.32. The molecule has 0 saturated carbocycles. The molecule has 0 bridgehead atoms. The second-order valence-electron chi connectivity index (χ2n) is 6.53. The van der Waals surface area contributed by atoms with E-state index < -0.39 is 5.91 Å². The fourth-order valence-corrected chi connectivity index (χ4v) is 2.33. The number of ether oxygens (including phenoxy) is 1. The molecule has 1 aromatic heterocycles. The predicted molar refractivity (Wildman–Crippen MR) is 92.3 cm³/mol. The van der Waals surface area contributed by atoms with E-state index in [0.717, 1.165) is 0 Å². The monoisotopic (exact) mass is 329 g/mol. The lowest BCUT2D eigenvalue weighted by molar-refractivity contribution is 0.0949. The highest BCUT2D eigenvalue weighted by Crippen LogP contribution is 2.25. The molecule has 0 aliphatic carbocycles. The number of benzene rings is 1. The Bertz CT molecular complexity index is 736. The number of carbonyl (C=O) groups excluding carboxylic acids is 1. The van der Waals surface area contributed by atoms with Gasteiger partial charge in [0, 0.05) is 0 Å². The lowest BCUT2D eigenvalue weighted by atomic mass is 9.87. The molecular weight excluding hydrogens is 306 g/mol. The van der Waals surface area contributed by atoms with E-state index in [-0.39, 0.29) is 23.5 Å². The number of rotatable bonds is 4. The maximum atomic E-state index is 11.9. The van der Waals surface area contributed by atoms with Crippen LogP contribution in [0.25, 0.3) is 0 Å². The van der Waals surface area contributed by atoms with Crippen molar-refractivity contribution in [2.24, 2.45) is 5.84 Å². The van der Waals surface area contributed by atoms with E-state index in [9.17, 15) is 4.79 Å². The van der Waals surface area contributed by atoms with Crippen molar-refractivity contribution in [2.45, 2.75) is 39.7 Å². The summed E-state index contributed by atoms with van der Waals surface area (Å²) in [6, 6.07) is 7.81. The van der Waals surface area contributed by atoms with Gasteiger partial charge in [-0.05, 0) is 30.0 Å². The summed E-state index contributed by atoms with van der Waals surface area (Å²) in [6.45, 7) is 8.20. The summed E-state index contributed by atoms with van der Waals surface area (Å²) in [6.07, 6.45) is 0. The molecule has 0 saturated heterocycles. The number of aryl methyl sites for hydroxylation is 1. The first-order chi connectivity index (χ1) is 11.2. The number of hydrazine groups is 1. The van der Waals surface area contributed by atoms with Gasteiger partial charge >= 0.3 is 0 Å². The number of nitrogens with two attached hydrogens (primary N) is 2. The number of anilines is 1. The van der Waals surface area contributed by atoms with Crippen LogP contribution in [0.4, 0.5) is 5.95 Å². The molecule has 7 heteroatoms. The van der Waals surface area contributed by atoms with Crippen molar-refractivity contribution in [1.29, 1.82) is 0 Å². The molecule has 0 spiro atoms. The quantitative estimate of drug-likeness (QED) is 0.448. The third-order valence-electron chi connectivity index (χ3n) is 3.64. The van der Waals surface area contributed by atoms with Gasteiger partial charge in [-0.1, -0.05) is 32.9 Å². The third-order valence-corrected chi connectivity index (χ3v) is 3.64. The number of hydrogen-bond donors (Lipinski definition) is 3. The Labute approximate surface area is 141 Å². The van der Waals surface area contributed by atoms with E-state index >= 15 is 0 Å². The van der Waals surface area contributed by atoms with Crippen molar-refractivity contribution in [3.63, 3.8) is 0 Å². The first-order valence-electron chi connectivity index (χ1n) is 7.59. The van der Waals surface area contributed by atoms with Crippen molar-refractivity contribution in [3.05, 3.63) is 46.8 Å². The van der Waals surface area contributed by atoms with Crippen molar-refractivity contribution in [3.8, 4) is 5.75 Å². The summed E-state index contributed by atoms with van der Waals surface area (Å²) in [4.78, 5) is 20.0. The van der Waals surface area contributed by atoms with Crippen molar-refractivity contribution in [2.75, 3.05) is 5.73 Å². The molecule has 1 aromatic carbocycles. The molecule has 0 fully saturated rings. The van der Waals surface area contributed by atoms with Crippen LogP contribution in [0.5, 0.6) is 5.75 Å². The van der Waals surface area contributed by atoms with Gasteiger partial charge in [-0.25, -0.2) is 15.8 Å². The Morgan fingerprint density at radius 1 is 1.21 bits per heavy atom. The van der Waals surface area contributed by atoms with Gasteiger partial charge in [-0.15, -0.1) is 0 Å². The highest BCUT2D eigenvalue weighted by atomic mass is 16.5. The molecular formula is C17H23N5O2. The molecule has 0 aliphatic heterocycles. The molecule has 24 heavy (non-hydrogen) atoms. The van der Waals surface area contributed by atoms with E-state index in [1.807, 2.05) is 24.3 Å². The first-order valence-corrected chi connectivity index (χ1v) is 7.59. The van der Waals surface area contributed by atoms with Crippen molar-refractivity contribution < 1.29 is 9.53 Å². The molecule has 5 N–H and O–H groups in total. The topological polar surface area (TPSA) is 116 Å². The number of nitrogens with one attached hydrogen (secondary N) is 1. The summed E-state index contributed by atoms with van der Waals surface area (Å²) in [5.74, 6) is 5.50. The van der Waals surface area contributed by atoms with Gasteiger partial charge in [0.05, 0.1) is 17.0 Å². The first kappa shape index (κ1) is 17.7. The summed E-state index contributed by atoms with van der Waals surface area (Å²) in [5, 5.41) is 0. The zero-order valence-electron chi connectivity index (χ0n) is 14.4. The van der Waals surface area contributed by atoms with E-state index in [1.165, 1.54) is 5.56 Å². The smallest absolute Gasteiger partial charge is 0.269 e. The maximum Gasteiger partial charge on any atom is 0.269 e. The zero-order valence-corrected chi connectivity index (χ0v) is 14.4. The van der Waals surface area contributed by atoms with E-state index in [2.05, 4.69) is 36.2 Å². The van der Waals surface area contributed by atoms with Crippen LogP contribution in [-0.4, -0.2) is 15.9 Å². The molecule has 2 aromatic rings. The van der Waals surface area contributed by atoms with Crippen molar-refractivity contribution in [1.82, 2.24) is 15.4 Å². The van der Waals surface area contributed by atoms with Crippen LogP contribution < -0.4 is 21.7 Å². The summed E-state index contributed by atoms with van der Waals surface area (Å²) >= 11 is 0. The van der Waals surface area contributed by atoms with Gasteiger partial charge in [0.15, 0.2) is 0 Å². The third kappa shape index (κ3) is 3.99. The molecule has 1 heterocycles. The Balaban J connectivity index is 2.21. The number of hydrogen-bond acceptors (Lipinski definition) is 6. The molecule has 1 amide bonds. The van der Waals surface area contributed by atoms with Gasteiger partial charge in [0.1, 0.15) is 12.4 Å². The largest absolute Gasteiger partial charge is 0.487 e. The minimum atomic E-state index is -0.478. The van der Waals surface area contributed by atoms with Crippen LogP contribution in [-0.2, 0) is 12.0 Å². The lowest BCUT2D eigenvalue weighted by Gasteiger charge is -2.19. The average molecular weight is 329 g/mol. The highest BCUT2D eigenvalue weighted by molar-refractivity contribution is 5.95. The number of carbonyl (C=O) groups is 1. The summed E-state index contributed by atoms with van der Waals surface area (Å²) in [5.41, 5.74) is 10.2. The number of nitrogens with zero attached hydrogens (tertiary/aromatic N) is 2. The Morgan fingerprint density at radius 3 is 2.38 bits per heavy atom. The van der Waals surface area contributed by atoms with Crippen LogP contribution >= 0.6 is 0 Å². The number of amides is 1. The highest BCUT2D eigenvalue weighted by Gasteiger charge is 2.18. The summed E-state index contributed by atoms with van der Waals surface area (Å²) < 4.78 is 5.74. The maximum absolute atomic E-state index is 11.9. The second-order valence-corrected chi connectivity index (χ2v) is 6.53. The summed E-state index contributed by atoms with van der Waals surface area (Å²) in [7, 11) is 0. The van der Waals surface area contributed by atoms with Crippen molar-refractivity contribution >= 4 is 11.9 Å². The number of nitrogen functional groups attached to an aromatic ring is 2. The minimum absolute atomic E-state index is 0.0726. The minimum Gasteiger partial charge on any atom is -0.487 e. The van der Waals surface area contributed by atoms with Gasteiger partial charge < -0.3 is 10.5 Å². The Morgan fingerprint density at radius 2 is 1.83 bits per heavy atom. The standard InChI is InChI=1S/C17H23N5O2/c1-10-14(15(23)22-19)13(21-16(18)20-10)9-24-12-7-5-11(6-8-12)17(2,3)4/h5-8H,9,19H2,1-4H3,(H,22,23)(H2,18,20,21). The molecule has 2 rings (SSSR count). The molecule has 0 unspecified atom stereocenters. The van der Waals surface area contributed by atoms with E-state index in [0.29, 0.717) is 17.1 Å². The molecule has 0 radical (unpaired) electrons. The van der Waals surface area contributed by atoms with Gasteiger partial charge in [-0.2, -0.15) is 0 Å². The SMILES string of the molecule is Cc1nc(N)nc(COc2ccc(C(C)(C)C)cc2)c1C(=O)NN. The Kier molecular flexibility index (Phi) is 5.04. The Hall–Kier alpha value is -2.67. The van der Waals surface area contributed by atoms with Crippen LogP contribution in [0.2, 0.25) is 0 Å². The zero-order chi connectivity index (χ0) is 17.9. The van der Waals surface area contributed by atoms with Gasteiger partial charge in [0.2, 0.25) is 5.95 Å². The fraction of sp³-hybridized carbons (Fsp3) is 0.353. The molecule has 0 atom stereocenters. The van der Waals surface area contributed by atoms with Gasteiger partial charge in [0.25, 0.3) is 5.91 Å². The molecule has 0 aliphatic rings. The van der Waals surface area contributed by atoms with Crippen LogP contribution in [0.1, 0.15) is 48.1 Å².